The Labute approximate surface area is 99.5 Å². The van der Waals surface area contributed by atoms with Gasteiger partial charge in [-0.15, -0.1) is 0 Å². The van der Waals surface area contributed by atoms with Crippen LogP contribution in [0.2, 0.25) is 0 Å². The molecular formula is C13H24N2O. The van der Waals surface area contributed by atoms with Gasteiger partial charge >= 0.3 is 0 Å². The number of rotatable bonds is 5. The zero-order valence-electron chi connectivity index (χ0n) is 10.6. The third-order valence-electron chi connectivity index (χ3n) is 3.00. The van der Waals surface area contributed by atoms with E-state index in [0.29, 0.717) is 12.7 Å². The summed E-state index contributed by atoms with van der Waals surface area (Å²) in [6, 6.07) is 0. The van der Waals surface area contributed by atoms with Gasteiger partial charge < -0.3 is 10.1 Å². The van der Waals surface area contributed by atoms with Gasteiger partial charge in [0.1, 0.15) is 6.61 Å². The van der Waals surface area contributed by atoms with Crippen molar-refractivity contribution in [3.8, 4) is 11.8 Å². The van der Waals surface area contributed by atoms with Crippen molar-refractivity contribution in [3.63, 3.8) is 0 Å². The Kier molecular flexibility index (Phi) is 7.24. The first-order valence-electron chi connectivity index (χ1n) is 6.37. The summed E-state index contributed by atoms with van der Waals surface area (Å²) in [5.74, 6) is 6.26. The quantitative estimate of drug-likeness (QED) is 0.708. The zero-order valence-corrected chi connectivity index (χ0v) is 10.6. The minimum atomic E-state index is 0.420. The van der Waals surface area contributed by atoms with E-state index in [1.807, 2.05) is 0 Å². The Hall–Kier alpha value is -0.560. The molecule has 0 radical (unpaired) electrons. The van der Waals surface area contributed by atoms with E-state index in [0.717, 1.165) is 45.6 Å². The van der Waals surface area contributed by atoms with Crippen molar-refractivity contribution < 1.29 is 4.74 Å². The van der Waals surface area contributed by atoms with Gasteiger partial charge in [-0.25, -0.2) is 0 Å². The lowest BCUT2D eigenvalue weighted by atomic mass is 10.1. The molecule has 3 nitrogen and oxygen atoms in total. The number of hydrogen-bond acceptors (Lipinski definition) is 3. The second kappa shape index (κ2) is 8.58. The van der Waals surface area contributed by atoms with Crippen LogP contribution in [0.15, 0.2) is 0 Å². The van der Waals surface area contributed by atoms with Crippen LogP contribution >= 0.6 is 0 Å². The third-order valence-corrected chi connectivity index (χ3v) is 3.00. The zero-order chi connectivity index (χ0) is 11.6. The van der Waals surface area contributed by atoms with Gasteiger partial charge in [0.25, 0.3) is 0 Å². The maximum Gasteiger partial charge on any atom is 0.108 e. The highest BCUT2D eigenvalue weighted by molar-refractivity contribution is 5.01. The Balaban J connectivity index is 2.07. The van der Waals surface area contributed by atoms with E-state index in [1.165, 1.54) is 0 Å². The second-order valence-electron chi connectivity index (χ2n) is 4.08. The first kappa shape index (κ1) is 13.5. The molecule has 0 saturated carbocycles. The van der Waals surface area contributed by atoms with E-state index in [2.05, 4.69) is 35.9 Å². The summed E-state index contributed by atoms with van der Waals surface area (Å²) >= 11 is 0. The van der Waals surface area contributed by atoms with E-state index in [-0.39, 0.29) is 0 Å². The first-order chi connectivity index (χ1) is 7.86. The van der Waals surface area contributed by atoms with Gasteiger partial charge in [0.05, 0.1) is 12.6 Å². The van der Waals surface area contributed by atoms with Crippen molar-refractivity contribution in [2.75, 3.05) is 39.3 Å². The van der Waals surface area contributed by atoms with E-state index in [1.54, 1.807) is 0 Å². The minimum absolute atomic E-state index is 0.420. The van der Waals surface area contributed by atoms with Gasteiger partial charge in [0, 0.05) is 0 Å². The molecule has 0 amide bonds. The molecular weight excluding hydrogens is 200 g/mol. The molecule has 0 spiro atoms. The Morgan fingerprint density at radius 3 is 2.50 bits per heavy atom. The van der Waals surface area contributed by atoms with Gasteiger partial charge in [-0.05, 0) is 39.0 Å². The van der Waals surface area contributed by atoms with Crippen LogP contribution in [-0.2, 0) is 4.74 Å². The largest absolute Gasteiger partial charge is 0.365 e. The normalized spacial score (nSPS) is 17.2. The van der Waals surface area contributed by atoms with Crippen molar-refractivity contribution in [1.29, 1.82) is 0 Å². The summed E-state index contributed by atoms with van der Waals surface area (Å²) in [5.41, 5.74) is 0. The van der Waals surface area contributed by atoms with Crippen molar-refractivity contribution in [2.24, 2.45) is 0 Å². The van der Waals surface area contributed by atoms with E-state index in [9.17, 15) is 0 Å². The third kappa shape index (κ3) is 5.50. The summed E-state index contributed by atoms with van der Waals surface area (Å²) in [6.07, 6.45) is 2.67. The predicted octanol–water partition coefficient (Wildman–Crippen LogP) is 1.10. The van der Waals surface area contributed by atoms with Gasteiger partial charge in [-0.2, -0.15) is 0 Å². The second-order valence-corrected chi connectivity index (χ2v) is 4.08. The molecule has 0 aromatic carbocycles. The molecule has 1 N–H and O–H groups in total. The van der Waals surface area contributed by atoms with Crippen molar-refractivity contribution in [3.05, 3.63) is 0 Å². The van der Waals surface area contributed by atoms with E-state index in [4.69, 9.17) is 4.74 Å². The topological polar surface area (TPSA) is 24.5 Å². The molecule has 0 aromatic heterocycles. The maximum atomic E-state index is 5.70. The molecule has 1 rings (SSSR count). The highest BCUT2D eigenvalue weighted by atomic mass is 16.5. The Bertz CT molecular complexity index is 222. The molecule has 1 aliphatic heterocycles. The minimum Gasteiger partial charge on any atom is -0.365 e. The molecule has 0 atom stereocenters. The number of nitrogens with zero attached hydrogens (tertiary/aromatic N) is 1. The molecule has 0 unspecified atom stereocenters. The molecule has 1 aliphatic rings. The van der Waals surface area contributed by atoms with Gasteiger partial charge in [-0.1, -0.05) is 25.7 Å². The van der Waals surface area contributed by atoms with Gasteiger partial charge in [-0.3, -0.25) is 4.90 Å². The molecule has 0 aromatic rings. The van der Waals surface area contributed by atoms with Crippen molar-refractivity contribution in [2.45, 2.75) is 32.8 Å². The molecule has 16 heavy (non-hydrogen) atoms. The number of nitrogens with one attached hydrogen (secondary N) is 1. The summed E-state index contributed by atoms with van der Waals surface area (Å²) < 4.78 is 5.70. The Morgan fingerprint density at radius 1 is 1.19 bits per heavy atom. The van der Waals surface area contributed by atoms with Crippen LogP contribution in [-0.4, -0.2) is 50.3 Å². The fourth-order valence-corrected chi connectivity index (χ4v) is 1.79. The summed E-state index contributed by atoms with van der Waals surface area (Å²) in [5, 5.41) is 3.32. The van der Waals surface area contributed by atoms with Crippen molar-refractivity contribution in [1.82, 2.24) is 10.2 Å². The fourth-order valence-electron chi connectivity index (χ4n) is 1.79. The Morgan fingerprint density at radius 2 is 1.88 bits per heavy atom. The maximum absolute atomic E-state index is 5.70. The lowest BCUT2D eigenvalue weighted by Gasteiger charge is -2.21. The molecule has 1 heterocycles. The summed E-state index contributed by atoms with van der Waals surface area (Å²) in [6.45, 7) is 10.1. The summed E-state index contributed by atoms with van der Waals surface area (Å²) in [4.78, 5) is 2.30. The van der Waals surface area contributed by atoms with Crippen LogP contribution in [0.1, 0.15) is 26.7 Å². The molecule has 1 fully saturated rings. The van der Waals surface area contributed by atoms with Crippen LogP contribution in [0.5, 0.6) is 0 Å². The van der Waals surface area contributed by atoms with Crippen LogP contribution in [0, 0.1) is 11.8 Å². The highest BCUT2D eigenvalue weighted by Gasteiger charge is 2.11. The molecule has 92 valence electrons. The molecule has 1 saturated heterocycles. The molecule has 3 heteroatoms. The lowest BCUT2D eigenvalue weighted by molar-refractivity contribution is 0.0547. The smallest absolute Gasteiger partial charge is 0.108 e. The van der Waals surface area contributed by atoms with Crippen molar-refractivity contribution >= 4 is 0 Å². The molecule has 0 bridgehead atoms. The predicted molar refractivity (Wildman–Crippen MR) is 67.4 cm³/mol. The van der Waals surface area contributed by atoms with Crippen LogP contribution in [0.25, 0.3) is 0 Å². The van der Waals surface area contributed by atoms with Gasteiger partial charge in [0.2, 0.25) is 0 Å². The first-order valence-corrected chi connectivity index (χ1v) is 6.37. The SMILES string of the molecule is CCN(CC)CC#CCOC1CCNCC1. The number of hydrogen-bond donors (Lipinski definition) is 1. The monoisotopic (exact) mass is 224 g/mol. The highest BCUT2D eigenvalue weighted by Crippen LogP contribution is 2.05. The van der Waals surface area contributed by atoms with E-state index < -0.39 is 0 Å². The number of piperidine rings is 1. The number of ether oxygens (including phenoxy) is 1. The van der Waals surface area contributed by atoms with Gasteiger partial charge in [0.15, 0.2) is 0 Å². The summed E-state index contributed by atoms with van der Waals surface area (Å²) in [7, 11) is 0. The fraction of sp³-hybridized carbons (Fsp3) is 0.846. The standard InChI is InChI=1S/C13H24N2O/c1-3-15(4-2)11-5-6-12-16-13-7-9-14-10-8-13/h13-14H,3-4,7-12H2,1-2H3. The lowest BCUT2D eigenvalue weighted by Crippen LogP contribution is -2.32. The molecule has 0 aliphatic carbocycles. The van der Waals surface area contributed by atoms with Crippen LogP contribution in [0.4, 0.5) is 0 Å². The van der Waals surface area contributed by atoms with Crippen LogP contribution in [0.3, 0.4) is 0 Å². The average Bonchev–Trinajstić information content (AvgIpc) is 2.35. The van der Waals surface area contributed by atoms with E-state index >= 15 is 0 Å². The average molecular weight is 224 g/mol. The van der Waals surface area contributed by atoms with Crippen LogP contribution < -0.4 is 5.32 Å².